The Hall–Kier alpha value is -1.30. The summed E-state index contributed by atoms with van der Waals surface area (Å²) in [5.74, 6) is 6.39. The van der Waals surface area contributed by atoms with Crippen LogP contribution in [-0.4, -0.2) is 7.11 Å². The molecule has 0 saturated carbocycles. The Labute approximate surface area is 108 Å². The van der Waals surface area contributed by atoms with Gasteiger partial charge in [-0.15, -0.1) is 0 Å². The Balaban J connectivity index is 2.43. The largest absolute Gasteiger partial charge is 0.497 e. The summed E-state index contributed by atoms with van der Waals surface area (Å²) >= 11 is 3.50. The minimum absolute atomic E-state index is 0.141. The standard InChI is InChI=1S/C12H13BrN2O2/c1-16-9-2-3-11(13)10(6-9)12(15-14)8-4-5-17-7-8/h2-7,12,15H,14H2,1H3. The Morgan fingerprint density at radius 1 is 1.41 bits per heavy atom. The lowest BCUT2D eigenvalue weighted by Gasteiger charge is -2.17. The van der Waals surface area contributed by atoms with E-state index in [1.54, 1.807) is 19.6 Å². The van der Waals surface area contributed by atoms with E-state index in [9.17, 15) is 0 Å². The van der Waals surface area contributed by atoms with E-state index in [0.29, 0.717) is 0 Å². The SMILES string of the molecule is COc1ccc(Br)c(C(NN)c2ccoc2)c1. The second kappa shape index (κ2) is 5.35. The van der Waals surface area contributed by atoms with Crippen LogP contribution in [0.1, 0.15) is 17.2 Å². The monoisotopic (exact) mass is 296 g/mol. The van der Waals surface area contributed by atoms with Crippen LogP contribution in [0.25, 0.3) is 0 Å². The molecular weight excluding hydrogens is 284 g/mol. The highest BCUT2D eigenvalue weighted by Crippen LogP contribution is 2.31. The fraction of sp³-hybridized carbons (Fsp3) is 0.167. The van der Waals surface area contributed by atoms with Crippen LogP contribution >= 0.6 is 15.9 Å². The first-order valence-corrected chi connectivity index (χ1v) is 5.87. The molecule has 0 saturated heterocycles. The number of nitrogens with one attached hydrogen (secondary N) is 1. The smallest absolute Gasteiger partial charge is 0.119 e. The molecule has 0 amide bonds. The van der Waals surface area contributed by atoms with Gasteiger partial charge in [0.25, 0.3) is 0 Å². The molecule has 1 aromatic carbocycles. The Morgan fingerprint density at radius 2 is 2.24 bits per heavy atom. The van der Waals surface area contributed by atoms with Crippen LogP contribution in [0.2, 0.25) is 0 Å². The molecule has 5 heteroatoms. The molecule has 0 aliphatic rings. The average Bonchev–Trinajstić information content (AvgIpc) is 2.86. The van der Waals surface area contributed by atoms with E-state index < -0.39 is 0 Å². The van der Waals surface area contributed by atoms with Crippen molar-refractivity contribution >= 4 is 15.9 Å². The third-order valence-corrected chi connectivity index (χ3v) is 3.28. The summed E-state index contributed by atoms with van der Waals surface area (Å²) in [6.45, 7) is 0. The van der Waals surface area contributed by atoms with Gasteiger partial charge in [0.05, 0.1) is 25.7 Å². The number of nitrogens with two attached hydrogens (primary N) is 1. The van der Waals surface area contributed by atoms with E-state index in [0.717, 1.165) is 21.3 Å². The fourth-order valence-electron chi connectivity index (χ4n) is 1.67. The van der Waals surface area contributed by atoms with Gasteiger partial charge in [-0.2, -0.15) is 0 Å². The first-order valence-electron chi connectivity index (χ1n) is 5.08. The maximum absolute atomic E-state index is 5.60. The molecule has 3 N–H and O–H groups in total. The molecule has 0 aliphatic heterocycles. The molecule has 0 spiro atoms. The molecule has 2 aromatic rings. The van der Waals surface area contributed by atoms with Crippen LogP contribution in [-0.2, 0) is 0 Å². The molecule has 1 heterocycles. The van der Waals surface area contributed by atoms with Gasteiger partial charge < -0.3 is 9.15 Å². The molecule has 1 aromatic heterocycles. The third kappa shape index (κ3) is 2.52. The van der Waals surface area contributed by atoms with Crippen LogP contribution in [0.5, 0.6) is 5.75 Å². The van der Waals surface area contributed by atoms with Gasteiger partial charge in [-0.05, 0) is 29.8 Å². The van der Waals surface area contributed by atoms with Crippen molar-refractivity contribution in [2.45, 2.75) is 6.04 Å². The number of hydrazine groups is 1. The lowest BCUT2D eigenvalue weighted by atomic mass is 10.0. The Bertz CT molecular complexity index is 485. The zero-order valence-corrected chi connectivity index (χ0v) is 10.9. The van der Waals surface area contributed by atoms with Gasteiger partial charge >= 0.3 is 0 Å². The molecular formula is C12H13BrN2O2. The van der Waals surface area contributed by atoms with Crippen molar-refractivity contribution in [3.63, 3.8) is 0 Å². The van der Waals surface area contributed by atoms with Crippen molar-refractivity contribution < 1.29 is 9.15 Å². The van der Waals surface area contributed by atoms with Crippen molar-refractivity contribution in [2.24, 2.45) is 5.84 Å². The van der Waals surface area contributed by atoms with Crippen LogP contribution in [0.4, 0.5) is 0 Å². The van der Waals surface area contributed by atoms with Crippen molar-refractivity contribution in [3.8, 4) is 5.75 Å². The lowest BCUT2D eigenvalue weighted by molar-refractivity contribution is 0.413. The summed E-state index contributed by atoms with van der Waals surface area (Å²) in [5, 5.41) is 0. The highest BCUT2D eigenvalue weighted by Gasteiger charge is 2.17. The zero-order chi connectivity index (χ0) is 12.3. The van der Waals surface area contributed by atoms with Crippen molar-refractivity contribution in [1.82, 2.24) is 5.43 Å². The van der Waals surface area contributed by atoms with Gasteiger partial charge in [0.15, 0.2) is 0 Å². The molecule has 90 valence electrons. The van der Waals surface area contributed by atoms with Crippen LogP contribution < -0.4 is 16.0 Å². The zero-order valence-electron chi connectivity index (χ0n) is 9.31. The molecule has 0 aliphatic carbocycles. The molecule has 0 radical (unpaired) electrons. The molecule has 1 atom stereocenters. The summed E-state index contributed by atoms with van der Waals surface area (Å²) in [6.07, 6.45) is 3.28. The molecule has 0 bridgehead atoms. The van der Waals surface area contributed by atoms with Crippen molar-refractivity contribution in [2.75, 3.05) is 7.11 Å². The lowest BCUT2D eigenvalue weighted by Crippen LogP contribution is -2.28. The van der Waals surface area contributed by atoms with Crippen molar-refractivity contribution in [1.29, 1.82) is 0 Å². The average molecular weight is 297 g/mol. The van der Waals surface area contributed by atoms with Crippen LogP contribution in [0, 0.1) is 0 Å². The van der Waals surface area contributed by atoms with E-state index in [1.807, 2.05) is 24.3 Å². The van der Waals surface area contributed by atoms with Gasteiger partial charge in [-0.1, -0.05) is 15.9 Å². The number of furan rings is 1. The first-order chi connectivity index (χ1) is 8.26. The number of hydrogen-bond acceptors (Lipinski definition) is 4. The molecule has 0 fully saturated rings. The number of halogens is 1. The van der Waals surface area contributed by atoms with Crippen LogP contribution in [0.3, 0.4) is 0 Å². The second-order valence-electron chi connectivity index (χ2n) is 3.54. The number of benzene rings is 1. The van der Waals surface area contributed by atoms with E-state index in [2.05, 4.69) is 21.4 Å². The van der Waals surface area contributed by atoms with Crippen LogP contribution in [0.15, 0.2) is 45.7 Å². The van der Waals surface area contributed by atoms with Crippen molar-refractivity contribution in [3.05, 3.63) is 52.4 Å². The first kappa shape index (κ1) is 12.2. The Morgan fingerprint density at radius 3 is 2.82 bits per heavy atom. The van der Waals surface area contributed by atoms with E-state index in [4.69, 9.17) is 15.0 Å². The summed E-state index contributed by atoms with van der Waals surface area (Å²) in [7, 11) is 1.63. The minimum Gasteiger partial charge on any atom is -0.497 e. The number of rotatable bonds is 4. The summed E-state index contributed by atoms with van der Waals surface area (Å²) in [4.78, 5) is 0. The number of ether oxygens (including phenoxy) is 1. The molecule has 4 nitrogen and oxygen atoms in total. The number of hydrogen-bond donors (Lipinski definition) is 2. The third-order valence-electron chi connectivity index (χ3n) is 2.56. The maximum atomic E-state index is 5.60. The predicted octanol–water partition coefficient (Wildman–Crippen LogP) is 2.60. The normalized spacial score (nSPS) is 12.4. The van der Waals surface area contributed by atoms with E-state index in [1.165, 1.54) is 0 Å². The topological polar surface area (TPSA) is 60.4 Å². The maximum Gasteiger partial charge on any atom is 0.119 e. The predicted molar refractivity (Wildman–Crippen MR) is 68.6 cm³/mol. The summed E-state index contributed by atoms with van der Waals surface area (Å²) < 4.78 is 11.2. The number of methoxy groups -OCH3 is 1. The quantitative estimate of drug-likeness (QED) is 0.672. The van der Waals surface area contributed by atoms with Gasteiger partial charge in [0.1, 0.15) is 5.75 Å². The fourth-order valence-corrected chi connectivity index (χ4v) is 2.15. The highest BCUT2D eigenvalue weighted by molar-refractivity contribution is 9.10. The second-order valence-corrected chi connectivity index (χ2v) is 4.40. The van der Waals surface area contributed by atoms with Gasteiger partial charge in [-0.3, -0.25) is 5.84 Å². The van der Waals surface area contributed by atoms with Gasteiger partial charge in [0, 0.05) is 10.0 Å². The molecule has 1 unspecified atom stereocenters. The summed E-state index contributed by atoms with van der Waals surface area (Å²) in [6, 6.07) is 7.48. The molecule has 17 heavy (non-hydrogen) atoms. The minimum atomic E-state index is -0.141. The van der Waals surface area contributed by atoms with Gasteiger partial charge in [-0.25, -0.2) is 5.43 Å². The summed E-state index contributed by atoms with van der Waals surface area (Å²) in [5.41, 5.74) is 4.72. The van der Waals surface area contributed by atoms with E-state index in [-0.39, 0.29) is 6.04 Å². The Kier molecular flexibility index (Phi) is 3.83. The van der Waals surface area contributed by atoms with E-state index >= 15 is 0 Å². The highest BCUT2D eigenvalue weighted by atomic mass is 79.9. The van der Waals surface area contributed by atoms with Gasteiger partial charge in [0.2, 0.25) is 0 Å². The molecule has 2 rings (SSSR count).